The molecule has 0 radical (unpaired) electrons. The number of pyridine rings is 1. The van der Waals surface area contributed by atoms with Gasteiger partial charge in [0, 0.05) is 16.8 Å². The van der Waals surface area contributed by atoms with Crippen molar-refractivity contribution in [1.82, 2.24) is 15.1 Å². The molecule has 4 nitrogen and oxygen atoms in total. The summed E-state index contributed by atoms with van der Waals surface area (Å²) in [5.74, 6) is 0.814. The van der Waals surface area contributed by atoms with Gasteiger partial charge in [-0.25, -0.2) is 4.98 Å². The SMILES string of the molecule is Clc1ccc(-c2noc(-c3cccnc3Cl)n2)cc1. The second-order valence-corrected chi connectivity index (χ2v) is 4.57. The molecule has 0 fully saturated rings. The average Bonchev–Trinajstić information content (AvgIpc) is 2.89. The van der Waals surface area contributed by atoms with Crippen molar-refractivity contribution in [2.24, 2.45) is 0 Å². The maximum absolute atomic E-state index is 5.98. The van der Waals surface area contributed by atoms with Gasteiger partial charge in [0.05, 0.1) is 5.56 Å². The standard InChI is InChI=1S/C13H7Cl2N3O/c14-9-5-3-8(4-6-9)12-17-13(19-18-12)10-2-1-7-16-11(10)15/h1-7H. The van der Waals surface area contributed by atoms with Gasteiger partial charge in [0.15, 0.2) is 0 Å². The second-order valence-electron chi connectivity index (χ2n) is 3.77. The van der Waals surface area contributed by atoms with Crippen molar-refractivity contribution in [3.05, 3.63) is 52.8 Å². The Hall–Kier alpha value is -1.91. The van der Waals surface area contributed by atoms with Crippen molar-refractivity contribution in [3.63, 3.8) is 0 Å². The molecule has 0 saturated carbocycles. The van der Waals surface area contributed by atoms with Crippen molar-refractivity contribution < 1.29 is 4.52 Å². The number of halogens is 2. The first-order valence-corrected chi connectivity index (χ1v) is 6.20. The van der Waals surface area contributed by atoms with Gasteiger partial charge in [0.1, 0.15) is 5.15 Å². The van der Waals surface area contributed by atoms with Gasteiger partial charge in [0.2, 0.25) is 5.82 Å². The Kier molecular flexibility index (Phi) is 3.19. The maximum atomic E-state index is 5.98. The number of rotatable bonds is 2. The van der Waals surface area contributed by atoms with Crippen LogP contribution in [0.3, 0.4) is 0 Å². The fourth-order valence-electron chi connectivity index (χ4n) is 1.59. The highest BCUT2D eigenvalue weighted by molar-refractivity contribution is 6.31. The van der Waals surface area contributed by atoms with Crippen molar-refractivity contribution in [2.75, 3.05) is 0 Å². The lowest BCUT2D eigenvalue weighted by Gasteiger charge is -1.95. The molecule has 3 aromatic rings. The number of hydrogen-bond donors (Lipinski definition) is 0. The summed E-state index contributed by atoms with van der Waals surface area (Å²) in [7, 11) is 0. The van der Waals surface area contributed by atoms with Crippen molar-refractivity contribution in [3.8, 4) is 22.8 Å². The lowest BCUT2D eigenvalue weighted by Crippen LogP contribution is -1.83. The summed E-state index contributed by atoms with van der Waals surface area (Å²) in [5.41, 5.74) is 1.43. The van der Waals surface area contributed by atoms with Crippen molar-refractivity contribution in [1.29, 1.82) is 0 Å². The molecule has 3 rings (SSSR count). The Bertz CT molecular complexity index is 710. The predicted octanol–water partition coefficient (Wildman–Crippen LogP) is 4.11. The van der Waals surface area contributed by atoms with E-state index in [0.29, 0.717) is 27.5 Å². The Balaban J connectivity index is 2.00. The molecule has 2 heterocycles. The van der Waals surface area contributed by atoms with E-state index in [1.54, 1.807) is 30.5 Å². The van der Waals surface area contributed by atoms with Gasteiger partial charge < -0.3 is 4.52 Å². The van der Waals surface area contributed by atoms with Crippen LogP contribution in [0.5, 0.6) is 0 Å². The molecule has 0 aliphatic carbocycles. The quantitative estimate of drug-likeness (QED) is 0.667. The van der Waals surface area contributed by atoms with Crippen molar-refractivity contribution in [2.45, 2.75) is 0 Å². The molecule has 0 aliphatic rings. The molecule has 0 aliphatic heterocycles. The van der Waals surface area contributed by atoms with E-state index in [0.717, 1.165) is 5.56 Å². The molecule has 0 bridgehead atoms. The number of benzene rings is 1. The summed E-state index contributed by atoms with van der Waals surface area (Å²) >= 11 is 11.8. The molecule has 6 heteroatoms. The summed E-state index contributed by atoms with van der Waals surface area (Å²) in [6, 6.07) is 10.7. The van der Waals surface area contributed by atoms with Crippen LogP contribution in [0.15, 0.2) is 47.1 Å². The Morgan fingerprint density at radius 1 is 1.00 bits per heavy atom. The van der Waals surface area contributed by atoms with Crippen LogP contribution >= 0.6 is 23.2 Å². The summed E-state index contributed by atoms with van der Waals surface area (Å²) in [6.07, 6.45) is 1.60. The van der Waals surface area contributed by atoms with E-state index in [1.165, 1.54) is 0 Å². The third kappa shape index (κ3) is 2.45. The van der Waals surface area contributed by atoms with Gasteiger partial charge in [-0.2, -0.15) is 4.98 Å². The van der Waals surface area contributed by atoms with Gasteiger partial charge >= 0.3 is 0 Å². The Morgan fingerprint density at radius 3 is 2.53 bits per heavy atom. The van der Waals surface area contributed by atoms with Crippen LogP contribution in [0.25, 0.3) is 22.8 Å². The van der Waals surface area contributed by atoms with Crippen LogP contribution in [-0.4, -0.2) is 15.1 Å². The Morgan fingerprint density at radius 2 is 1.79 bits per heavy atom. The van der Waals surface area contributed by atoms with Gasteiger partial charge in [-0.15, -0.1) is 0 Å². The number of nitrogens with zero attached hydrogens (tertiary/aromatic N) is 3. The number of aromatic nitrogens is 3. The highest BCUT2D eigenvalue weighted by Crippen LogP contribution is 2.26. The lowest BCUT2D eigenvalue weighted by molar-refractivity contribution is 0.432. The van der Waals surface area contributed by atoms with E-state index in [2.05, 4.69) is 15.1 Å². The van der Waals surface area contributed by atoms with E-state index in [9.17, 15) is 0 Å². The molecule has 0 saturated heterocycles. The topological polar surface area (TPSA) is 51.8 Å². The minimum Gasteiger partial charge on any atom is -0.333 e. The van der Waals surface area contributed by atoms with E-state index >= 15 is 0 Å². The predicted molar refractivity (Wildman–Crippen MR) is 73.0 cm³/mol. The van der Waals surface area contributed by atoms with Gasteiger partial charge in [-0.05, 0) is 36.4 Å². The van der Waals surface area contributed by atoms with E-state index in [1.807, 2.05) is 12.1 Å². The minimum absolute atomic E-state index is 0.328. The monoisotopic (exact) mass is 291 g/mol. The first-order chi connectivity index (χ1) is 9.24. The molecule has 0 N–H and O–H groups in total. The lowest BCUT2D eigenvalue weighted by atomic mass is 10.2. The molecule has 19 heavy (non-hydrogen) atoms. The minimum atomic E-state index is 0.328. The molecule has 94 valence electrons. The van der Waals surface area contributed by atoms with Gasteiger partial charge in [-0.3, -0.25) is 0 Å². The Labute approximate surface area is 119 Å². The van der Waals surface area contributed by atoms with E-state index < -0.39 is 0 Å². The van der Waals surface area contributed by atoms with Crippen LogP contribution in [0.1, 0.15) is 0 Å². The van der Waals surface area contributed by atoms with Gasteiger partial charge in [-0.1, -0.05) is 28.4 Å². The third-order valence-electron chi connectivity index (χ3n) is 2.52. The normalized spacial score (nSPS) is 10.6. The fraction of sp³-hybridized carbons (Fsp3) is 0. The van der Waals surface area contributed by atoms with Crippen LogP contribution < -0.4 is 0 Å². The van der Waals surface area contributed by atoms with Crippen LogP contribution in [0.2, 0.25) is 10.2 Å². The van der Waals surface area contributed by atoms with E-state index in [4.69, 9.17) is 27.7 Å². The molecule has 0 spiro atoms. The first kappa shape index (κ1) is 12.1. The fourth-order valence-corrected chi connectivity index (χ4v) is 1.92. The third-order valence-corrected chi connectivity index (χ3v) is 3.07. The van der Waals surface area contributed by atoms with E-state index in [-0.39, 0.29) is 0 Å². The van der Waals surface area contributed by atoms with Crippen LogP contribution in [0, 0.1) is 0 Å². The zero-order valence-electron chi connectivity index (χ0n) is 9.55. The molecule has 0 atom stereocenters. The highest BCUT2D eigenvalue weighted by Gasteiger charge is 2.13. The smallest absolute Gasteiger partial charge is 0.261 e. The van der Waals surface area contributed by atoms with Crippen LogP contribution in [-0.2, 0) is 0 Å². The highest BCUT2D eigenvalue weighted by atomic mass is 35.5. The molecular formula is C13H7Cl2N3O. The average molecular weight is 292 g/mol. The first-order valence-electron chi connectivity index (χ1n) is 5.44. The number of hydrogen-bond acceptors (Lipinski definition) is 4. The summed E-state index contributed by atoms with van der Waals surface area (Å²) in [4.78, 5) is 8.27. The zero-order valence-corrected chi connectivity index (χ0v) is 11.1. The summed E-state index contributed by atoms with van der Waals surface area (Å²) in [5, 5.41) is 4.90. The van der Waals surface area contributed by atoms with Crippen LogP contribution in [0.4, 0.5) is 0 Å². The summed E-state index contributed by atoms with van der Waals surface area (Å²) in [6.45, 7) is 0. The maximum Gasteiger partial charge on any atom is 0.261 e. The summed E-state index contributed by atoms with van der Waals surface area (Å²) < 4.78 is 5.20. The van der Waals surface area contributed by atoms with Gasteiger partial charge in [0.25, 0.3) is 5.89 Å². The van der Waals surface area contributed by atoms with Crippen molar-refractivity contribution >= 4 is 23.2 Å². The molecule has 0 unspecified atom stereocenters. The molecular weight excluding hydrogens is 285 g/mol. The molecule has 0 amide bonds. The zero-order chi connectivity index (χ0) is 13.2. The molecule has 1 aromatic carbocycles. The second kappa shape index (κ2) is 4.99. The molecule has 2 aromatic heterocycles. The largest absolute Gasteiger partial charge is 0.333 e.